The molecule has 2 heterocycles. The van der Waals surface area contributed by atoms with E-state index in [-0.39, 0.29) is 11.7 Å². The predicted octanol–water partition coefficient (Wildman–Crippen LogP) is 0.230. The van der Waals surface area contributed by atoms with E-state index in [1.54, 1.807) is 0 Å². The Labute approximate surface area is 101 Å². The zero-order chi connectivity index (χ0) is 11.8. The second kappa shape index (κ2) is 4.31. The maximum atomic E-state index is 10.9. The van der Waals surface area contributed by atoms with Gasteiger partial charge in [0.05, 0.1) is 18.8 Å². The molecule has 0 radical (unpaired) electrons. The molecule has 5 nitrogen and oxygen atoms in total. The van der Waals surface area contributed by atoms with E-state index in [9.17, 15) is 4.79 Å². The van der Waals surface area contributed by atoms with Crippen molar-refractivity contribution >= 4 is 6.29 Å². The van der Waals surface area contributed by atoms with E-state index >= 15 is 0 Å². The average Bonchev–Trinajstić information content (AvgIpc) is 2.77. The molecule has 2 atom stereocenters. The Morgan fingerprint density at radius 2 is 2.06 bits per heavy atom. The predicted molar refractivity (Wildman–Crippen MR) is 59.6 cm³/mol. The summed E-state index contributed by atoms with van der Waals surface area (Å²) in [4.78, 5) is 10.9. The SMILES string of the molecule is O=C[C@@H]1CNCC2(CCCC3(C2)OCCO3)O1. The van der Waals surface area contributed by atoms with E-state index in [1.807, 2.05) is 0 Å². The summed E-state index contributed by atoms with van der Waals surface area (Å²) in [5.74, 6) is -0.454. The van der Waals surface area contributed by atoms with Gasteiger partial charge in [0.1, 0.15) is 12.4 Å². The Bertz CT molecular complexity index is 299. The first kappa shape index (κ1) is 11.6. The lowest BCUT2D eigenvalue weighted by molar-refractivity contribution is -0.240. The van der Waals surface area contributed by atoms with Crippen LogP contribution in [0.25, 0.3) is 0 Å². The van der Waals surface area contributed by atoms with E-state index in [1.165, 1.54) is 0 Å². The molecule has 0 aromatic rings. The van der Waals surface area contributed by atoms with Gasteiger partial charge in [-0.25, -0.2) is 0 Å². The molecule has 1 aliphatic carbocycles. The molecular weight excluding hydrogens is 222 g/mol. The van der Waals surface area contributed by atoms with Crippen LogP contribution in [0.3, 0.4) is 0 Å². The van der Waals surface area contributed by atoms with Crippen molar-refractivity contribution < 1.29 is 19.0 Å². The highest BCUT2D eigenvalue weighted by atomic mass is 16.7. The molecule has 3 fully saturated rings. The van der Waals surface area contributed by atoms with Crippen LogP contribution in [0, 0.1) is 0 Å². The monoisotopic (exact) mass is 241 g/mol. The van der Waals surface area contributed by atoms with Crippen LogP contribution >= 0.6 is 0 Å². The van der Waals surface area contributed by atoms with Crippen LogP contribution in [-0.2, 0) is 19.0 Å². The Hall–Kier alpha value is -0.490. The van der Waals surface area contributed by atoms with Gasteiger partial charge in [0.2, 0.25) is 0 Å². The van der Waals surface area contributed by atoms with E-state index < -0.39 is 5.79 Å². The van der Waals surface area contributed by atoms with Crippen LogP contribution in [0.2, 0.25) is 0 Å². The molecule has 0 aromatic carbocycles. The van der Waals surface area contributed by atoms with Crippen LogP contribution in [0.15, 0.2) is 0 Å². The number of carbonyl (C=O) groups is 1. The number of hydrogen-bond donors (Lipinski definition) is 1. The average molecular weight is 241 g/mol. The molecule has 17 heavy (non-hydrogen) atoms. The number of hydrogen-bond acceptors (Lipinski definition) is 5. The minimum atomic E-state index is -0.454. The fraction of sp³-hybridized carbons (Fsp3) is 0.917. The normalized spacial score (nSPS) is 40.8. The molecule has 2 spiro atoms. The molecule has 5 heteroatoms. The maximum Gasteiger partial charge on any atom is 0.171 e. The van der Waals surface area contributed by atoms with Crippen LogP contribution in [0.1, 0.15) is 25.7 Å². The smallest absolute Gasteiger partial charge is 0.171 e. The number of aldehydes is 1. The Balaban J connectivity index is 1.75. The van der Waals surface area contributed by atoms with Crippen molar-refractivity contribution in [3.05, 3.63) is 0 Å². The summed E-state index contributed by atoms with van der Waals surface area (Å²) in [5.41, 5.74) is -0.285. The topological polar surface area (TPSA) is 56.8 Å². The Morgan fingerprint density at radius 3 is 2.82 bits per heavy atom. The summed E-state index contributed by atoms with van der Waals surface area (Å²) in [6.07, 6.45) is 4.21. The van der Waals surface area contributed by atoms with Gasteiger partial charge in [-0.3, -0.25) is 0 Å². The standard InChI is InChI=1S/C12H19NO4/c14-7-10-6-13-9-11(17-10)2-1-3-12(8-11)15-4-5-16-12/h7,10,13H,1-6,8-9H2/t10-,11?/m0/s1. The zero-order valence-corrected chi connectivity index (χ0v) is 9.94. The number of rotatable bonds is 1. The van der Waals surface area contributed by atoms with Crippen molar-refractivity contribution in [1.29, 1.82) is 0 Å². The van der Waals surface area contributed by atoms with Gasteiger partial charge >= 0.3 is 0 Å². The fourth-order valence-electron chi connectivity index (χ4n) is 3.26. The van der Waals surface area contributed by atoms with Gasteiger partial charge in [-0.05, 0) is 12.8 Å². The van der Waals surface area contributed by atoms with E-state index in [0.717, 1.165) is 38.5 Å². The molecule has 2 aliphatic heterocycles. The van der Waals surface area contributed by atoms with Gasteiger partial charge in [0.15, 0.2) is 5.79 Å². The number of morpholine rings is 1. The van der Waals surface area contributed by atoms with Gasteiger partial charge in [-0.1, -0.05) is 0 Å². The number of ether oxygens (including phenoxy) is 3. The minimum Gasteiger partial charge on any atom is -0.361 e. The zero-order valence-electron chi connectivity index (χ0n) is 9.94. The van der Waals surface area contributed by atoms with E-state index in [2.05, 4.69) is 5.32 Å². The molecule has 1 N–H and O–H groups in total. The van der Waals surface area contributed by atoms with Crippen molar-refractivity contribution in [2.45, 2.75) is 43.2 Å². The lowest BCUT2D eigenvalue weighted by Gasteiger charge is -2.48. The summed E-state index contributed by atoms with van der Waals surface area (Å²) in [6.45, 7) is 2.73. The van der Waals surface area contributed by atoms with Crippen molar-refractivity contribution in [1.82, 2.24) is 5.32 Å². The highest BCUT2D eigenvalue weighted by molar-refractivity contribution is 5.56. The first-order chi connectivity index (χ1) is 8.26. The fourth-order valence-corrected chi connectivity index (χ4v) is 3.26. The molecule has 3 rings (SSSR count). The van der Waals surface area contributed by atoms with Crippen molar-refractivity contribution in [3.63, 3.8) is 0 Å². The molecule has 96 valence electrons. The van der Waals surface area contributed by atoms with Crippen LogP contribution < -0.4 is 5.32 Å². The van der Waals surface area contributed by atoms with E-state index in [4.69, 9.17) is 14.2 Å². The first-order valence-electron chi connectivity index (χ1n) is 6.38. The summed E-state index contributed by atoms with van der Waals surface area (Å²) in [7, 11) is 0. The maximum absolute atomic E-state index is 10.9. The van der Waals surface area contributed by atoms with Gasteiger partial charge in [0.25, 0.3) is 0 Å². The first-order valence-corrected chi connectivity index (χ1v) is 6.38. The lowest BCUT2D eigenvalue weighted by Crippen LogP contribution is -2.59. The summed E-state index contributed by atoms with van der Waals surface area (Å²) in [6, 6.07) is 0. The molecule has 3 aliphatic rings. The second-order valence-electron chi connectivity index (χ2n) is 5.24. The second-order valence-corrected chi connectivity index (χ2v) is 5.24. The van der Waals surface area contributed by atoms with Crippen LogP contribution in [0.4, 0.5) is 0 Å². The van der Waals surface area contributed by atoms with Gasteiger partial charge in [-0.2, -0.15) is 0 Å². The van der Waals surface area contributed by atoms with Gasteiger partial charge in [-0.15, -0.1) is 0 Å². The van der Waals surface area contributed by atoms with Crippen molar-refractivity contribution in [2.75, 3.05) is 26.3 Å². The van der Waals surface area contributed by atoms with Crippen LogP contribution in [0.5, 0.6) is 0 Å². The molecular formula is C12H19NO4. The highest BCUT2D eigenvalue weighted by Gasteiger charge is 2.51. The van der Waals surface area contributed by atoms with Crippen LogP contribution in [-0.4, -0.2) is 50.1 Å². The van der Waals surface area contributed by atoms with Crippen molar-refractivity contribution in [3.8, 4) is 0 Å². The number of carbonyl (C=O) groups excluding carboxylic acids is 1. The Morgan fingerprint density at radius 1 is 1.24 bits per heavy atom. The third-order valence-corrected chi connectivity index (χ3v) is 3.94. The molecule has 1 saturated carbocycles. The van der Waals surface area contributed by atoms with Crippen molar-refractivity contribution in [2.24, 2.45) is 0 Å². The summed E-state index contributed by atoms with van der Waals surface area (Å²) < 4.78 is 17.5. The quantitative estimate of drug-likeness (QED) is 0.666. The summed E-state index contributed by atoms with van der Waals surface area (Å²) in [5, 5.41) is 3.29. The molecule has 0 amide bonds. The largest absolute Gasteiger partial charge is 0.361 e. The van der Waals surface area contributed by atoms with Gasteiger partial charge in [0, 0.05) is 25.9 Å². The molecule has 0 aromatic heterocycles. The lowest BCUT2D eigenvalue weighted by atomic mass is 9.79. The summed E-state index contributed by atoms with van der Waals surface area (Å²) >= 11 is 0. The molecule has 2 saturated heterocycles. The third kappa shape index (κ3) is 2.12. The van der Waals surface area contributed by atoms with E-state index in [0.29, 0.717) is 19.8 Å². The third-order valence-electron chi connectivity index (χ3n) is 3.94. The molecule has 0 bridgehead atoms. The number of nitrogens with one attached hydrogen (secondary N) is 1. The molecule has 1 unspecified atom stereocenters. The highest BCUT2D eigenvalue weighted by Crippen LogP contribution is 2.43. The minimum absolute atomic E-state index is 0.285. The Kier molecular flexibility index (Phi) is 2.94. The van der Waals surface area contributed by atoms with Gasteiger partial charge < -0.3 is 24.3 Å².